The maximum atomic E-state index is 5.62. The van der Waals surface area contributed by atoms with Crippen LogP contribution < -0.4 is 5.73 Å². The van der Waals surface area contributed by atoms with E-state index < -0.39 is 0 Å². The quantitative estimate of drug-likeness (QED) is 0.766. The van der Waals surface area contributed by atoms with Gasteiger partial charge in [-0.1, -0.05) is 13.8 Å². The Kier molecular flexibility index (Phi) is 3.29. The minimum Gasteiger partial charge on any atom is -0.330 e. The molecule has 1 rings (SSSR count). The molecule has 2 unspecified atom stereocenters. The van der Waals surface area contributed by atoms with Gasteiger partial charge in [-0.3, -0.25) is 0 Å². The van der Waals surface area contributed by atoms with Gasteiger partial charge in [0.15, 0.2) is 0 Å². The lowest BCUT2D eigenvalue weighted by molar-refractivity contribution is 0.500. The number of rotatable bonds is 3. The van der Waals surface area contributed by atoms with Gasteiger partial charge in [0.25, 0.3) is 0 Å². The average molecular weight is 183 g/mol. The first-order valence-electron chi connectivity index (χ1n) is 4.40. The van der Waals surface area contributed by atoms with Gasteiger partial charge in [-0.15, -0.1) is 11.3 Å². The lowest BCUT2D eigenvalue weighted by atomic mass is 9.91. The molecular formula is C10H17NS. The van der Waals surface area contributed by atoms with Gasteiger partial charge in [0.1, 0.15) is 0 Å². The molecule has 1 heterocycles. The van der Waals surface area contributed by atoms with E-state index >= 15 is 0 Å². The maximum Gasteiger partial charge on any atom is 0.00171 e. The van der Waals surface area contributed by atoms with Gasteiger partial charge >= 0.3 is 0 Å². The van der Waals surface area contributed by atoms with Crippen LogP contribution in [0, 0.1) is 12.8 Å². The summed E-state index contributed by atoms with van der Waals surface area (Å²) < 4.78 is 0. The number of hydrogen-bond acceptors (Lipinski definition) is 2. The number of aryl methyl sites for hydroxylation is 1. The van der Waals surface area contributed by atoms with Crippen LogP contribution in [0.25, 0.3) is 0 Å². The molecule has 0 saturated carbocycles. The van der Waals surface area contributed by atoms with Crippen molar-refractivity contribution in [1.29, 1.82) is 0 Å². The van der Waals surface area contributed by atoms with Crippen molar-refractivity contribution in [2.24, 2.45) is 11.7 Å². The molecule has 1 aromatic rings. The molecule has 2 heteroatoms. The Morgan fingerprint density at radius 1 is 1.50 bits per heavy atom. The summed E-state index contributed by atoms with van der Waals surface area (Å²) in [7, 11) is 0. The van der Waals surface area contributed by atoms with E-state index in [9.17, 15) is 0 Å². The normalized spacial score (nSPS) is 16.0. The summed E-state index contributed by atoms with van der Waals surface area (Å²) in [6.07, 6.45) is 0. The molecule has 1 aromatic heterocycles. The Labute approximate surface area is 78.6 Å². The second kappa shape index (κ2) is 4.06. The van der Waals surface area contributed by atoms with Gasteiger partial charge in [-0.2, -0.15) is 0 Å². The average Bonchev–Trinajstić information content (AvgIpc) is 2.49. The summed E-state index contributed by atoms with van der Waals surface area (Å²) in [5, 5.41) is 2.24. The van der Waals surface area contributed by atoms with Gasteiger partial charge in [0.2, 0.25) is 0 Å². The summed E-state index contributed by atoms with van der Waals surface area (Å²) >= 11 is 1.82. The Bertz CT molecular complexity index is 242. The van der Waals surface area contributed by atoms with Crippen LogP contribution in [0.3, 0.4) is 0 Å². The monoisotopic (exact) mass is 183 g/mol. The zero-order chi connectivity index (χ0) is 9.14. The second-order valence-corrected chi connectivity index (χ2v) is 4.61. The van der Waals surface area contributed by atoms with Crippen molar-refractivity contribution in [3.8, 4) is 0 Å². The summed E-state index contributed by atoms with van der Waals surface area (Å²) in [6, 6.07) is 2.27. The van der Waals surface area contributed by atoms with Crippen molar-refractivity contribution in [3.63, 3.8) is 0 Å². The molecular weight excluding hydrogens is 166 g/mol. The summed E-state index contributed by atoms with van der Waals surface area (Å²) in [6.45, 7) is 7.38. The molecule has 2 atom stereocenters. The molecule has 0 aromatic carbocycles. The van der Waals surface area contributed by atoms with Crippen LogP contribution in [0.2, 0.25) is 0 Å². The van der Waals surface area contributed by atoms with E-state index in [1.165, 1.54) is 10.4 Å². The topological polar surface area (TPSA) is 26.0 Å². The van der Waals surface area contributed by atoms with E-state index in [4.69, 9.17) is 5.73 Å². The lowest BCUT2D eigenvalue weighted by Gasteiger charge is -2.16. The van der Waals surface area contributed by atoms with Crippen molar-refractivity contribution >= 4 is 11.3 Å². The van der Waals surface area contributed by atoms with Crippen molar-refractivity contribution in [3.05, 3.63) is 21.9 Å². The molecule has 1 nitrogen and oxygen atoms in total. The van der Waals surface area contributed by atoms with Crippen LogP contribution in [0.5, 0.6) is 0 Å². The highest BCUT2D eigenvalue weighted by atomic mass is 32.1. The molecule has 0 spiro atoms. The van der Waals surface area contributed by atoms with Crippen molar-refractivity contribution in [2.75, 3.05) is 6.54 Å². The fraction of sp³-hybridized carbons (Fsp3) is 0.600. The van der Waals surface area contributed by atoms with E-state index in [0.717, 1.165) is 6.54 Å². The van der Waals surface area contributed by atoms with E-state index in [0.29, 0.717) is 11.8 Å². The van der Waals surface area contributed by atoms with Crippen LogP contribution in [0.15, 0.2) is 11.4 Å². The Hall–Kier alpha value is -0.340. The van der Waals surface area contributed by atoms with Crippen LogP contribution in [-0.4, -0.2) is 6.54 Å². The number of nitrogens with two attached hydrogens (primary N) is 1. The fourth-order valence-electron chi connectivity index (χ4n) is 1.24. The minimum absolute atomic E-state index is 0.582. The summed E-state index contributed by atoms with van der Waals surface area (Å²) in [5.41, 5.74) is 7.06. The SMILES string of the molecule is Cc1cc(C(C)C(C)CN)cs1. The fourth-order valence-corrected chi connectivity index (χ4v) is 2.04. The zero-order valence-electron chi connectivity index (χ0n) is 8.00. The Balaban J connectivity index is 2.70. The summed E-state index contributed by atoms with van der Waals surface area (Å²) in [5.74, 6) is 1.18. The molecule has 68 valence electrons. The first kappa shape index (κ1) is 9.75. The second-order valence-electron chi connectivity index (χ2n) is 3.49. The largest absolute Gasteiger partial charge is 0.330 e. The third kappa shape index (κ3) is 2.08. The predicted molar refractivity (Wildman–Crippen MR) is 55.7 cm³/mol. The van der Waals surface area contributed by atoms with Gasteiger partial charge in [-0.05, 0) is 42.3 Å². The molecule has 0 aliphatic heterocycles. The molecule has 0 amide bonds. The van der Waals surface area contributed by atoms with Crippen molar-refractivity contribution in [1.82, 2.24) is 0 Å². The third-order valence-electron chi connectivity index (χ3n) is 2.50. The van der Waals surface area contributed by atoms with Crippen LogP contribution in [0.4, 0.5) is 0 Å². The predicted octanol–water partition coefficient (Wildman–Crippen LogP) is 2.75. The number of hydrogen-bond donors (Lipinski definition) is 1. The Morgan fingerprint density at radius 3 is 2.58 bits per heavy atom. The van der Waals surface area contributed by atoms with Crippen molar-refractivity contribution < 1.29 is 0 Å². The molecule has 0 aliphatic carbocycles. The van der Waals surface area contributed by atoms with Crippen LogP contribution >= 0.6 is 11.3 Å². The lowest BCUT2D eigenvalue weighted by Crippen LogP contribution is -2.16. The van der Waals surface area contributed by atoms with E-state index in [2.05, 4.69) is 32.2 Å². The van der Waals surface area contributed by atoms with Crippen LogP contribution in [-0.2, 0) is 0 Å². The van der Waals surface area contributed by atoms with Crippen molar-refractivity contribution in [2.45, 2.75) is 26.7 Å². The molecule has 0 fully saturated rings. The van der Waals surface area contributed by atoms with Gasteiger partial charge < -0.3 is 5.73 Å². The van der Waals surface area contributed by atoms with Gasteiger partial charge in [0.05, 0.1) is 0 Å². The number of thiophene rings is 1. The van der Waals surface area contributed by atoms with Crippen LogP contribution in [0.1, 0.15) is 30.2 Å². The highest BCUT2D eigenvalue weighted by Crippen LogP contribution is 2.27. The van der Waals surface area contributed by atoms with Gasteiger partial charge in [0, 0.05) is 4.88 Å². The minimum atomic E-state index is 0.582. The highest BCUT2D eigenvalue weighted by molar-refractivity contribution is 7.10. The van der Waals surface area contributed by atoms with E-state index in [1.807, 2.05) is 11.3 Å². The molecule has 0 saturated heterocycles. The molecule has 12 heavy (non-hydrogen) atoms. The van der Waals surface area contributed by atoms with Gasteiger partial charge in [-0.25, -0.2) is 0 Å². The standard InChI is InChI=1S/C10H17NS/c1-7(5-11)9(3)10-4-8(2)12-6-10/h4,6-7,9H,5,11H2,1-3H3. The molecule has 0 radical (unpaired) electrons. The summed E-state index contributed by atoms with van der Waals surface area (Å²) in [4.78, 5) is 1.39. The maximum absolute atomic E-state index is 5.62. The first-order chi connectivity index (χ1) is 5.65. The Morgan fingerprint density at radius 2 is 2.17 bits per heavy atom. The highest BCUT2D eigenvalue weighted by Gasteiger charge is 2.13. The smallest absolute Gasteiger partial charge is 0.00171 e. The zero-order valence-corrected chi connectivity index (χ0v) is 8.82. The molecule has 0 aliphatic rings. The van der Waals surface area contributed by atoms with E-state index in [1.54, 1.807) is 0 Å². The first-order valence-corrected chi connectivity index (χ1v) is 5.28. The molecule has 0 bridgehead atoms. The van der Waals surface area contributed by atoms with E-state index in [-0.39, 0.29) is 0 Å². The third-order valence-corrected chi connectivity index (χ3v) is 3.38. The molecule has 2 N–H and O–H groups in total.